The van der Waals surface area contributed by atoms with Gasteiger partial charge in [-0.1, -0.05) is 207 Å². The molecule has 2 rings (SSSR count). The quantitative estimate of drug-likeness (QED) is 0.0205. The third kappa shape index (κ3) is 32.1. The van der Waals surface area contributed by atoms with Gasteiger partial charge in [-0.3, -0.25) is 4.79 Å². The summed E-state index contributed by atoms with van der Waals surface area (Å²) >= 11 is 0. The largest absolute Gasteiger partial charge is 0.394 e. The standard InChI is InChI=1S/C62H105NO13/c1-3-5-7-9-11-13-15-17-19-21-22-23-24-25-26-27-28-30-32-34-36-38-40-42-44-46-54(67)63-50(51(66)45-43-41-39-37-35-33-31-29-20-18-16-14-12-10-8-6-4-2)49-73-61-59(72)57(70)60(53(48-65)75-61)76-62-58(71)56(69)55(68)52(47-64)74-62/h5,7,11,13,17,19,22-23,25-26,28,30,34,36,43,45,50-53,55-62,64-66,68-72H,3-4,6,8-10,12,14-16,18,20-21,24,27,29,31-33,35,37-42,44,46-49H2,1-2H3,(H,63,67)/b7-5-,13-11-,19-17-,23-22-,26-25-,30-28-,36-34-,45-43+. The van der Waals surface area contributed by atoms with Gasteiger partial charge in [-0.05, 0) is 77.0 Å². The number of allylic oxidation sites excluding steroid dienone is 15. The second-order valence-electron chi connectivity index (χ2n) is 20.4. The third-order valence-electron chi connectivity index (χ3n) is 13.8. The first-order chi connectivity index (χ1) is 37.1. The summed E-state index contributed by atoms with van der Waals surface area (Å²) in [6.07, 6.45) is 47.2. The van der Waals surface area contributed by atoms with Gasteiger partial charge in [0.2, 0.25) is 5.91 Å². The van der Waals surface area contributed by atoms with E-state index in [1.54, 1.807) is 6.08 Å². The predicted octanol–water partition coefficient (Wildman–Crippen LogP) is 9.89. The normalized spacial score (nSPS) is 25.6. The highest BCUT2D eigenvalue weighted by Crippen LogP contribution is 2.30. The summed E-state index contributed by atoms with van der Waals surface area (Å²) in [5.41, 5.74) is 0. The van der Waals surface area contributed by atoms with Crippen LogP contribution in [0.25, 0.3) is 0 Å². The number of hydrogen-bond donors (Lipinski definition) is 9. The zero-order valence-electron chi connectivity index (χ0n) is 46.7. The Kier molecular flexibility index (Phi) is 42.5. The number of hydrogen-bond acceptors (Lipinski definition) is 13. The molecule has 2 aliphatic heterocycles. The molecule has 0 aromatic rings. The molecule has 2 aliphatic rings. The molecule has 12 unspecified atom stereocenters. The van der Waals surface area contributed by atoms with Crippen molar-refractivity contribution in [2.75, 3.05) is 19.8 Å². The number of unbranched alkanes of at least 4 members (excludes halogenated alkanes) is 18. The van der Waals surface area contributed by atoms with Crippen molar-refractivity contribution >= 4 is 5.91 Å². The van der Waals surface area contributed by atoms with Gasteiger partial charge in [-0.2, -0.15) is 0 Å². The van der Waals surface area contributed by atoms with Crippen LogP contribution < -0.4 is 5.32 Å². The van der Waals surface area contributed by atoms with Crippen molar-refractivity contribution in [2.24, 2.45) is 0 Å². The molecule has 2 saturated heterocycles. The smallest absolute Gasteiger partial charge is 0.220 e. The van der Waals surface area contributed by atoms with Gasteiger partial charge in [0.25, 0.3) is 0 Å². The van der Waals surface area contributed by atoms with E-state index in [1.165, 1.54) is 83.5 Å². The van der Waals surface area contributed by atoms with E-state index in [2.05, 4.69) is 104 Å². The number of amides is 1. The van der Waals surface area contributed by atoms with Gasteiger partial charge in [0.15, 0.2) is 12.6 Å². The lowest BCUT2D eigenvalue weighted by atomic mass is 9.97. The average molecular weight is 1070 g/mol. The Labute approximate surface area is 458 Å². The molecular weight excluding hydrogens is 967 g/mol. The van der Waals surface area contributed by atoms with Crippen LogP contribution in [-0.4, -0.2) is 140 Å². The number of carbonyl (C=O) groups excluding carboxylic acids is 1. The molecule has 14 nitrogen and oxygen atoms in total. The second kappa shape index (κ2) is 46.8. The van der Waals surface area contributed by atoms with Crippen molar-refractivity contribution in [3.8, 4) is 0 Å². The summed E-state index contributed by atoms with van der Waals surface area (Å²) in [5.74, 6) is -0.275. The van der Waals surface area contributed by atoms with E-state index in [9.17, 15) is 45.6 Å². The predicted molar refractivity (Wildman–Crippen MR) is 304 cm³/mol. The van der Waals surface area contributed by atoms with E-state index in [0.29, 0.717) is 6.42 Å². The minimum atomic E-state index is -1.80. The molecule has 0 radical (unpaired) electrons. The minimum Gasteiger partial charge on any atom is -0.394 e. The van der Waals surface area contributed by atoms with Crippen LogP contribution >= 0.6 is 0 Å². The SMILES string of the molecule is CC/C=C\C/C=C\C/C=C\C/C=C\C/C=C\C/C=C\C/C=C\CCCCCC(=O)NC(COC1OC(CO)C(OC2OC(CO)C(O)C(O)C2O)C(O)C1O)C(O)/C=C/CCCCCCCCCCCCCCCCC. The maximum atomic E-state index is 13.2. The van der Waals surface area contributed by atoms with Gasteiger partial charge in [0.1, 0.15) is 48.8 Å². The van der Waals surface area contributed by atoms with Crippen LogP contribution in [0, 0.1) is 0 Å². The van der Waals surface area contributed by atoms with E-state index in [4.69, 9.17) is 18.9 Å². The zero-order chi connectivity index (χ0) is 55.3. The molecule has 14 heteroatoms. The van der Waals surface area contributed by atoms with Crippen molar-refractivity contribution in [3.05, 3.63) is 97.2 Å². The van der Waals surface area contributed by atoms with Crippen LogP contribution in [0.3, 0.4) is 0 Å². The Morgan fingerprint density at radius 2 is 0.908 bits per heavy atom. The highest BCUT2D eigenvalue weighted by molar-refractivity contribution is 5.76. The van der Waals surface area contributed by atoms with E-state index >= 15 is 0 Å². The second-order valence-corrected chi connectivity index (χ2v) is 20.4. The summed E-state index contributed by atoms with van der Waals surface area (Å²) in [7, 11) is 0. The van der Waals surface area contributed by atoms with Gasteiger partial charge < -0.3 is 65.1 Å². The van der Waals surface area contributed by atoms with Crippen LogP contribution in [0.15, 0.2) is 97.2 Å². The Morgan fingerprint density at radius 3 is 1.39 bits per heavy atom. The summed E-state index contributed by atoms with van der Waals surface area (Å²) in [5, 5.41) is 87.1. The first kappa shape index (κ1) is 69.0. The zero-order valence-corrected chi connectivity index (χ0v) is 46.7. The summed E-state index contributed by atoms with van der Waals surface area (Å²) < 4.78 is 22.7. The van der Waals surface area contributed by atoms with Crippen molar-refractivity contribution in [1.82, 2.24) is 5.32 Å². The molecule has 2 heterocycles. The highest BCUT2D eigenvalue weighted by Gasteiger charge is 2.51. The fourth-order valence-corrected chi connectivity index (χ4v) is 9.03. The number of rotatable bonds is 45. The van der Waals surface area contributed by atoms with Gasteiger partial charge in [-0.15, -0.1) is 0 Å². The van der Waals surface area contributed by atoms with Crippen LogP contribution in [0.5, 0.6) is 0 Å². The van der Waals surface area contributed by atoms with E-state index in [1.807, 2.05) is 6.08 Å². The number of carbonyl (C=O) groups is 1. The Hall–Kier alpha value is -3.09. The van der Waals surface area contributed by atoms with Crippen molar-refractivity contribution in [3.63, 3.8) is 0 Å². The Bertz CT molecular complexity index is 1640. The van der Waals surface area contributed by atoms with Crippen LogP contribution in [0.1, 0.15) is 194 Å². The lowest BCUT2D eigenvalue weighted by Gasteiger charge is -2.46. The number of ether oxygens (including phenoxy) is 4. The summed E-state index contributed by atoms with van der Waals surface area (Å²) in [6, 6.07) is -0.939. The van der Waals surface area contributed by atoms with Crippen LogP contribution in [-0.2, 0) is 23.7 Å². The van der Waals surface area contributed by atoms with Crippen LogP contribution in [0.4, 0.5) is 0 Å². The third-order valence-corrected chi connectivity index (χ3v) is 13.8. The lowest BCUT2D eigenvalue weighted by Crippen LogP contribution is -2.65. The Morgan fingerprint density at radius 1 is 0.487 bits per heavy atom. The van der Waals surface area contributed by atoms with Crippen LogP contribution in [0.2, 0.25) is 0 Å². The molecule has 12 atom stereocenters. The first-order valence-corrected chi connectivity index (χ1v) is 29.5. The fourth-order valence-electron chi connectivity index (χ4n) is 9.03. The maximum absolute atomic E-state index is 13.2. The Balaban J connectivity index is 1.80. The van der Waals surface area contributed by atoms with Crippen molar-refractivity contribution in [1.29, 1.82) is 0 Å². The van der Waals surface area contributed by atoms with E-state index < -0.39 is 86.8 Å². The molecule has 0 saturated carbocycles. The molecule has 0 spiro atoms. The minimum absolute atomic E-state index is 0.235. The van der Waals surface area contributed by atoms with Crippen molar-refractivity contribution < 1.29 is 64.6 Å². The molecule has 0 aromatic carbocycles. The number of aliphatic hydroxyl groups excluding tert-OH is 8. The molecule has 2 fully saturated rings. The topological polar surface area (TPSA) is 228 Å². The highest BCUT2D eigenvalue weighted by atomic mass is 16.7. The number of nitrogens with one attached hydrogen (secondary N) is 1. The molecule has 0 aliphatic carbocycles. The molecule has 436 valence electrons. The average Bonchev–Trinajstić information content (AvgIpc) is 3.42. The van der Waals surface area contributed by atoms with Gasteiger partial charge in [0.05, 0.1) is 32.0 Å². The van der Waals surface area contributed by atoms with Gasteiger partial charge in [-0.25, -0.2) is 0 Å². The van der Waals surface area contributed by atoms with Gasteiger partial charge in [0, 0.05) is 6.42 Å². The van der Waals surface area contributed by atoms with E-state index in [-0.39, 0.29) is 18.9 Å². The number of aliphatic hydroxyl groups is 8. The van der Waals surface area contributed by atoms with Crippen molar-refractivity contribution in [2.45, 2.75) is 267 Å². The lowest BCUT2D eigenvalue weighted by molar-refractivity contribution is -0.359. The summed E-state index contributed by atoms with van der Waals surface area (Å²) in [6.45, 7) is 2.65. The maximum Gasteiger partial charge on any atom is 0.220 e. The first-order valence-electron chi connectivity index (χ1n) is 29.5. The molecule has 76 heavy (non-hydrogen) atoms. The molecule has 9 N–H and O–H groups in total. The molecular formula is C62H105NO13. The molecule has 1 amide bonds. The van der Waals surface area contributed by atoms with Gasteiger partial charge >= 0.3 is 0 Å². The fraction of sp³-hybridized carbons (Fsp3) is 0.726. The summed E-state index contributed by atoms with van der Waals surface area (Å²) in [4.78, 5) is 13.2. The monoisotopic (exact) mass is 1070 g/mol. The molecule has 0 bridgehead atoms. The van der Waals surface area contributed by atoms with E-state index in [0.717, 1.165) is 83.5 Å². The molecule has 0 aromatic heterocycles.